The third kappa shape index (κ3) is 3.79. The number of amides is 1. The van der Waals surface area contributed by atoms with E-state index >= 15 is 0 Å². The van der Waals surface area contributed by atoms with E-state index in [2.05, 4.69) is 5.10 Å². The zero-order valence-electron chi connectivity index (χ0n) is 16.3. The minimum Gasteiger partial charge on any atom is -0.491 e. The van der Waals surface area contributed by atoms with Gasteiger partial charge in [0.05, 0.1) is 17.4 Å². The van der Waals surface area contributed by atoms with Crippen LogP contribution in [0.1, 0.15) is 32.8 Å². The van der Waals surface area contributed by atoms with E-state index in [9.17, 15) is 26.7 Å². The Hall–Kier alpha value is -3.23. The topological polar surface area (TPSA) is 41.9 Å². The second kappa shape index (κ2) is 8.25. The number of anilines is 1. The first kappa shape index (κ1) is 21.5. The number of carbonyl (C=O) groups is 1. The first-order valence-electron chi connectivity index (χ1n) is 9.05. The number of benzene rings is 2. The maximum Gasteiger partial charge on any atom is 0.280 e. The standard InChI is InChI=1S/C21H17F5N2O2/c1-4-10(2)30-13-7-5-12(6-8-13)9-14-11(3)27-28(21(14)29)20-18(25)16(23)15(22)17(24)19(20)26/h5-10H,4H2,1-3H3/b14-9+/t10-/m1/s1. The van der Waals surface area contributed by atoms with Gasteiger partial charge in [-0.25, -0.2) is 22.0 Å². The highest BCUT2D eigenvalue weighted by Crippen LogP contribution is 2.34. The number of hydrogen-bond acceptors (Lipinski definition) is 3. The summed E-state index contributed by atoms with van der Waals surface area (Å²) in [6.07, 6.45) is 2.25. The van der Waals surface area contributed by atoms with Crippen molar-refractivity contribution in [3.8, 4) is 5.75 Å². The predicted molar refractivity (Wildman–Crippen MR) is 102 cm³/mol. The average molecular weight is 424 g/mol. The molecule has 30 heavy (non-hydrogen) atoms. The minimum absolute atomic E-state index is 0.0230. The molecule has 2 aromatic rings. The highest BCUT2D eigenvalue weighted by Gasteiger charge is 2.36. The normalized spacial score (nSPS) is 16.3. The highest BCUT2D eigenvalue weighted by molar-refractivity contribution is 6.32. The molecule has 2 aromatic carbocycles. The molecule has 1 heterocycles. The molecule has 3 rings (SSSR count). The Morgan fingerprint density at radius 2 is 1.53 bits per heavy atom. The van der Waals surface area contributed by atoms with Crippen LogP contribution in [0.4, 0.5) is 27.6 Å². The fourth-order valence-corrected chi connectivity index (χ4v) is 2.74. The number of rotatable bonds is 5. The van der Waals surface area contributed by atoms with Crippen molar-refractivity contribution in [3.63, 3.8) is 0 Å². The molecule has 0 fully saturated rings. The van der Waals surface area contributed by atoms with E-state index in [0.717, 1.165) is 6.42 Å². The van der Waals surface area contributed by atoms with Crippen LogP contribution in [0.5, 0.6) is 5.75 Å². The van der Waals surface area contributed by atoms with Crippen LogP contribution >= 0.6 is 0 Å². The fourth-order valence-electron chi connectivity index (χ4n) is 2.74. The van der Waals surface area contributed by atoms with E-state index in [1.165, 1.54) is 13.0 Å². The fraction of sp³-hybridized carbons (Fsp3) is 0.238. The number of carbonyl (C=O) groups excluding carboxylic acids is 1. The van der Waals surface area contributed by atoms with Gasteiger partial charge in [0, 0.05) is 0 Å². The maximum atomic E-state index is 14.1. The van der Waals surface area contributed by atoms with E-state index in [-0.39, 0.29) is 22.4 Å². The molecule has 1 amide bonds. The molecule has 1 atom stereocenters. The Labute approximate surface area is 169 Å². The first-order valence-corrected chi connectivity index (χ1v) is 9.05. The molecule has 158 valence electrons. The monoisotopic (exact) mass is 424 g/mol. The quantitative estimate of drug-likeness (QED) is 0.281. The van der Waals surface area contributed by atoms with Crippen molar-refractivity contribution >= 4 is 23.4 Å². The van der Waals surface area contributed by atoms with Crippen molar-refractivity contribution in [2.75, 3.05) is 5.01 Å². The number of nitrogens with zero attached hydrogens (tertiary/aromatic N) is 2. The molecule has 1 aliphatic heterocycles. The Kier molecular flexibility index (Phi) is 5.91. The third-order valence-electron chi connectivity index (χ3n) is 4.56. The maximum absolute atomic E-state index is 14.1. The Morgan fingerprint density at radius 3 is 2.07 bits per heavy atom. The van der Waals surface area contributed by atoms with Gasteiger partial charge in [-0.2, -0.15) is 10.1 Å². The summed E-state index contributed by atoms with van der Waals surface area (Å²) in [5, 5.41) is 3.87. The zero-order chi connectivity index (χ0) is 22.2. The van der Waals surface area contributed by atoms with Gasteiger partial charge < -0.3 is 4.74 Å². The van der Waals surface area contributed by atoms with Gasteiger partial charge in [0.1, 0.15) is 11.4 Å². The van der Waals surface area contributed by atoms with Crippen LogP contribution in [0.2, 0.25) is 0 Å². The molecule has 0 spiro atoms. The summed E-state index contributed by atoms with van der Waals surface area (Å²) < 4.78 is 74.1. The summed E-state index contributed by atoms with van der Waals surface area (Å²) >= 11 is 0. The molecule has 0 N–H and O–H groups in total. The van der Waals surface area contributed by atoms with Crippen molar-refractivity contribution in [1.29, 1.82) is 0 Å². The van der Waals surface area contributed by atoms with Gasteiger partial charge in [0.2, 0.25) is 5.82 Å². The molecule has 0 saturated carbocycles. The Bertz CT molecular complexity index is 1040. The van der Waals surface area contributed by atoms with Crippen molar-refractivity contribution in [1.82, 2.24) is 0 Å². The van der Waals surface area contributed by atoms with Crippen LogP contribution in [-0.4, -0.2) is 17.7 Å². The predicted octanol–water partition coefficient (Wildman–Crippen LogP) is 5.37. The number of hydrazone groups is 1. The van der Waals surface area contributed by atoms with Gasteiger partial charge in [-0.05, 0) is 44.0 Å². The van der Waals surface area contributed by atoms with Crippen molar-refractivity contribution < 1.29 is 31.5 Å². The van der Waals surface area contributed by atoms with E-state index in [1.807, 2.05) is 13.8 Å². The molecule has 1 aliphatic rings. The van der Waals surface area contributed by atoms with E-state index in [1.54, 1.807) is 24.3 Å². The van der Waals surface area contributed by atoms with Gasteiger partial charge in [-0.15, -0.1) is 0 Å². The Balaban J connectivity index is 1.94. The van der Waals surface area contributed by atoms with Gasteiger partial charge >= 0.3 is 0 Å². The Morgan fingerprint density at radius 1 is 1.00 bits per heavy atom. The van der Waals surface area contributed by atoms with Gasteiger partial charge in [0.15, 0.2) is 23.3 Å². The van der Waals surface area contributed by atoms with Gasteiger partial charge in [-0.3, -0.25) is 4.79 Å². The average Bonchev–Trinajstić information content (AvgIpc) is 3.00. The minimum atomic E-state index is -2.31. The van der Waals surface area contributed by atoms with Crippen molar-refractivity contribution in [3.05, 3.63) is 64.5 Å². The molecule has 0 aromatic heterocycles. The molecule has 9 heteroatoms. The molecule has 0 bridgehead atoms. The highest BCUT2D eigenvalue weighted by atomic mass is 19.2. The molecule has 0 radical (unpaired) electrons. The van der Waals surface area contributed by atoms with Crippen LogP contribution in [0.25, 0.3) is 6.08 Å². The molecular formula is C21H17F5N2O2. The number of halogens is 5. The first-order chi connectivity index (χ1) is 14.1. The van der Waals surface area contributed by atoms with Gasteiger partial charge in [-0.1, -0.05) is 19.1 Å². The zero-order valence-corrected chi connectivity index (χ0v) is 16.3. The lowest BCUT2D eigenvalue weighted by Gasteiger charge is -2.15. The second-order valence-corrected chi connectivity index (χ2v) is 6.68. The summed E-state index contributed by atoms with van der Waals surface area (Å²) in [5.41, 5.74) is -0.849. The third-order valence-corrected chi connectivity index (χ3v) is 4.56. The van der Waals surface area contributed by atoms with Crippen molar-refractivity contribution in [2.45, 2.75) is 33.3 Å². The summed E-state index contributed by atoms with van der Waals surface area (Å²) in [6, 6.07) is 6.69. The van der Waals surface area contributed by atoms with E-state index in [4.69, 9.17) is 4.74 Å². The van der Waals surface area contributed by atoms with E-state index < -0.39 is 40.7 Å². The molecule has 4 nitrogen and oxygen atoms in total. The lowest BCUT2D eigenvalue weighted by molar-refractivity contribution is -0.114. The second-order valence-electron chi connectivity index (χ2n) is 6.68. The summed E-state index contributed by atoms with van der Waals surface area (Å²) in [4.78, 5) is 12.6. The number of ether oxygens (including phenoxy) is 1. The van der Waals surface area contributed by atoms with Crippen molar-refractivity contribution in [2.24, 2.45) is 5.10 Å². The van der Waals surface area contributed by atoms with Crippen LogP contribution in [0.15, 0.2) is 34.9 Å². The van der Waals surface area contributed by atoms with Crippen LogP contribution < -0.4 is 9.75 Å². The molecule has 0 saturated heterocycles. The molecular weight excluding hydrogens is 407 g/mol. The lowest BCUT2D eigenvalue weighted by atomic mass is 10.1. The van der Waals surface area contributed by atoms with Crippen LogP contribution in [0.3, 0.4) is 0 Å². The van der Waals surface area contributed by atoms with Crippen LogP contribution in [-0.2, 0) is 4.79 Å². The number of hydrogen-bond donors (Lipinski definition) is 0. The van der Waals surface area contributed by atoms with E-state index in [0.29, 0.717) is 11.3 Å². The van der Waals surface area contributed by atoms with Gasteiger partial charge in [0.25, 0.3) is 5.91 Å². The molecule has 0 unspecified atom stereocenters. The smallest absolute Gasteiger partial charge is 0.280 e. The summed E-state index contributed by atoms with van der Waals surface area (Å²) in [5.74, 6) is -11.3. The summed E-state index contributed by atoms with van der Waals surface area (Å²) in [7, 11) is 0. The SMILES string of the molecule is CC[C@@H](C)Oc1ccc(/C=C2/C(=O)N(c3c(F)c(F)c(F)c(F)c3F)N=C2C)cc1. The largest absolute Gasteiger partial charge is 0.491 e. The lowest BCUT2D eigenvalue weighted by Crippen LogP contribution is -2.25. The van der Waals surface area contributed by atoms with Crippen LogP contribution in [0, 0.1) is 29.1 Å². The molecule has 0 aliphatic carbocycles. The summed E-state index contributed by atoms with van der Waals surface area (Å²) in [6.45, 7) is 5.28.